The molecule has 0 saturated carbocycles. The Morgan fingerprint density at radius 2 is 2.12 bits per heavy atom. The molecule has 2 aliphatic rings. The van der Waals surface area contributed by atoms with E-state index in [1.165, 1.54) is 17.4 Å². The van der Waals surface area contributed by atoms with Crippen molar-refractivity contribution < 1.29 is 23.8 Å². The van der Waals surface area contributed by atoms with Crippen LogP contribution in [0.25, 0.3) is 6.08 Å². The largest absolute Gasteiger partial charge is 0.447 e. The molecule has 1 unspecified atom stereocenters. The first-order valence-electron chi connectivity index (χ1n) is 11.2. The minimum atomic E-state index is -0.650. The van der Waals surface area contributed by atoms with Gasteiger partial charge in [-0.25, -0.2) is 4.79 Å². The molecule has 2 aliphatic heterocycles. The number of benzene rings is 1. The van der Waals surface area contributed by atoms with Gasteiger partial charge >= 0.3 is 6.09 Å². The van der Waals surface area contributed by atoms with Gasteiger partial charge in [0.1, 0.15) is 17.7 Å². The molecule has 0 bridgehead atoms. The van der Waals surface area contributed by atoms with E-state index in [9.17, 15) is 9.59 Å². The number of anilines is 1. The molecule has 1 atom stereocenters. The maximum atomic E-state index is 12.6. The van der Waals surface area contributed by atoms with Crippen LogP contribution in [-0.2, 0) is 32.0 Å². The number of hydrogen-bond acceptors (Lipinski definition) is 7. The lowest BCUT2D eigenvalue weighted by Crippen LogP contribution is -2.37. The third-order valence-electron chi connectivity index (χ3n) is 5.54. The van der Waals surface area contributed by atoms with E-state index in [0.717, 1.165) is 26.6 Å². The van der Waals surface area contributed by atoms with E-state index in [2.05, 4.69) is 10.3 Å². The molecular weight excluding hydrogens is 454 g/mol. The molecule has 1 saturated heterocycles. The first kappa shape index (κ1) is 24.1. The van der Waals surface area contributed by atoms with E-state index in [1.54, 1.807) is 24.2 Å². The lowest BCUT2D eigenvalue weighted by molar-refractivity contribution is -0.143. The molecule has 1 N–H and O–H groups in total. The summed E-state index contributed by atoms with van der Waals surface area (Å²) >= 11 is 1.46. The highest BCUT2D eigenvalue weighted by Gasteiger charge is 2.34. The predicted octanol–water partition coefficient (Wildman–Crippen LogP) is 4.09. The van der Waals surface area contributed by atoms with Crippen LogP contribution >= 0.6 is 11.3 Å². The van der Waals surface area contributed by atoms with Crippen molar-refractivity contribution in [3.8, 4) is 0 Å². The molecule has 2 aromatic rings. The number of nitrogens with one attached hydrogen (secondary N) is 1. The molecule has 180 valence electrons. The second-order valence-electron chi connectivity index (χ2n) is 8.57. The topological polar surface area (TPSA) is 89.5 Å². The Kier molecular flexibility index (Phi) is 7.45. The molecule has 4 rings (SSSR count). The Hall–Kier alpha value is -3.01. The van der Waals surface area contributed by atoms with Crippen LogP contribution in [0.1, 0.15) is 35.4 Å². The first-order valence-corrected chi connectivity index (χ1v) is 12.0. The van der Waals surface area contributed by atoms with Gasteiger partial charge in [-0.05, 0) is 37.5 Å². The fourth-order valence-electron chi connectivity index (χ4n) is 3.93. The molecule has 8 nitrogen and oxygen atoms in total. The number of thiophene rings is 1. The van der Waals surface area contributed by atoms with E-state index in [1.807, 2.05) is 44.2 Å². The lowest BCUT2D eigenvalue weighted by atomic mass is 10.0. The van der Waals surface area contributed by atoms with Crippen LogP contribution in [0.5, 0.6) is 0 Å². The van der Waals surface area contributed by atoms with E-state index in [-0.39, 0.29) is 24.7 Å². The zero-order valence-electron chi connectivity index (χ0n) is 19.6. The van der Waals surface area contributed by atoms with E-state index >= 15 is 0 Å². The summed E-state index contributed by atoms with van der Waals surface area (Å²) in [6.45, 7) is 5.18. The molecule has 1 fully saturated rings. The number of carbonyl (C=O) groups is 2. The highest BCUT2D eigenvalue weighted by Crippen LogP contribution is 2.36. The Morgan fingerprint density at radius 3 is 2.82 bits per heavy atom. The van der Waals surface area contributed by atoms with Crippen LogP contribution in [0.15, 0.2) is 41.4 Å². The maximum absolute atomic E-state index is 12.6. The van der Waals surface area contributed by atoms with Gasteiger partial charge in [-0.1, -0.05) is 30.3 Å². The van der Waals surface area contributed by atoms with Crippen LogP contribution < -0.4 is 5.32 Å². The molecule has 3 heterocycles. The molecule has 0 spiro atoms. The van der Waals surface area contributed by atoms with Crippen LogP contribution in [-0.4, -0.2) is 61.8 Å². The van der Waals surface area contributed by atoms with Crippen molar-refractivity contribution in [3.63, 3.8) is 0 Å². The first-order chi connectivity index (χ1) is 16.3. The standard InChI is InChI=1S/C25H29N3O5S/c1-25(2)32-16-18(33-25)15-31-24(30)28-12-11-19-20(13-26-3)23(34-21(19)14-28)27-22(29)10-9-17-7-5-4-6-8-17/h4-10,13,18H,11-12,14-16H2,1-3H3,(H,27,29)/b10-9+,26-13?. The summed E-state index contributed by atoms with van der Waals surface area (Å²) in [6.07, 6.45) is 5.07. The van der Waals surface area contributed by atoms with Crippen molar-refractivity contribution in [3.05, 3.63) is 58.0 Å². The summed E-state index contributed by atoms with van der Waals surface area (Å²) in [5, 5.41) is 3.70. The molecule has 0 aliphatic carbocycles. The number of fused-ring (bicyclic) bond motifs is 1. The number of carbonyl (C=O) groups excluding carboxylic acids is 2. The molecule has 1 aromatic heterocycles. The minimum absolute atomic E-state index is 0.152. The average Bonchev–Trinajstić information content (AvgIpc) is 3.35. The van der Waals surface area contributed by atoms with Crippen molar-refractivity contribution in [1.29, 1.82) is 0 Å². The predicted molar refractivity (Wildman–Crippen MR) is 132 cm³/mol. The normalized spacial score (nSPS) is 19.5. The summed E-state index contributed by atoms with van der Waals surface area (Å²) in [5.41, 5.74) is 2.96. The highest BCUT2D eigenvalue weighted by atomic mass is 32.1. The van der Waals surface area contributed by atoms with Crippen molar-refractivity contribution in [2.75, 3.05) is 32.1 Å². The third-order valence-corrected chi connectivity index (χ3v) is 6.69. The Labute approximate surface area is 203 Å². The molecule has 1 aromatic carbocycles. The van der Waals surface area contributed by atoms with E-state index in [4.69, 9.17) is 14.2 Å². The summed E-state index contributed by atoms with van der Waals surface area (Å²) in [7, 11) is 1.70. The van der Waals surface area contributed by atoms with Gasteiger partial charge in [0.25, 0.3) is 0 Å². The summed E-state index contributed by atoms with van der Waals surface area (Å²) in [4.78, 5) is 32.0. The smallest absolute Gasteiger partial charge is 0.410 e. The van der Waals surface area contributed by atoms with E-state index in [0.29, 0.717) is 26.1 Å². The van der Waals surface area contributed by atoms with Crippen LogP contribution in [0.2, 0.25) is 0 Å². The molecule has 0 radical (unpaired) electrons. The second-order valence-corrected chi connectivity index (χ2v) is 9.67. The average molecular weight is 484 g/mol. The summed E-state index contributed by atoms with van der Waals surface area (Å²) in [5.74, 6) is -0.867. The van der Waals surface area contributed by atoms with Gasteiger partial charge < -0.3 is 24.4 Å². The quantitative estimate of drug-likeness (QED) is 0.494. The van der Waals surface area contributed by atoms with E-state index < -0.39 is 5.79 Å². The summed E-state index contributed by atoms with van der Waals surface area (Å²) < 4.78 is 16.7. The number of aliphatic imine (C=N–C) groups is 1. The number of rotatable bonds is 6. The minimum Gasteiger partial charge on any atom is -0.447 e. The van der Waals surface area contributed by atoms with Crippen molar-refractivity contribution in [1.82, 2.24) is 4.90 Å². The van der Waals surface area contributed by atoms with Gasteiger partial charge in [0.05, 0.1) is 13.2 Å². The lowest BCUT2D eigenvalue weighted by Gasteiger charge is -2.27. The monoisotopic (exact) mass is 483 g/mol. The maximum Gasteiger partial charge on any atom is 0.410 e. The van der Waals surface area contributed by atoms with Gasteiger partial charge in [-0.15, -0.1) is 11.3 Å². The van der Waals surface area contributed by atoms with Crippen LogP contribution in [0.3, 0.4) is 0 Å². The van der Waals surface area contributed by atoms with Crippen molar-refractivity contribution in [2.24, 2.45) is 4.99 Å². The number of hydrogen-bond donors (Lipinski definition) is 1. The number of nitrogens with zero attached hydrogens (tertiary/aromatic N) is 2. The van der Waals surface area contributed by atoms with Crippen molar-refractivity contribution in [2.45, 2.75) is 38.7 Å². The zero-order chi connectivity index (χ0) is 24.1. The molecule has 34 heavy (non-hydrogen) atoms. The summed E-state index contributed by atoms with van der Waals surface area (Å²) in [6, 6.07) is 9.65. The molecule has 9 heteroatoms. The molecule has 2 amide bonds. The third kappa shape index (κ3) is 5.91. The van der Waals surface area contributed by atoms with Gasteiger partial charge in [-0.3, -0.25) is 9.79 Å². The van der Waals surface area contributed by atoms with Gasteiger partial charge in [0.15, 0.2) is 5.79 Å². The van der Waals surface area contributed by atoms with Crippen LogP contribution in [0, 0.1) is 0 Å². The Balaban J connectivity index is 1.40. The fraction of sp³-hybridized carbons (Fsp3) is 0.400. The highest BCUT2D eigenvalue weighted by molar-refractivity contribution is 7.17. The molecular formula is C25H29N3O5S. The second kappa shape index (κ2) is 10.5. The SMILES string of the molecule is CN=Cc1c(NC(=O)/C=C/c2ccccc2)sc2c1CCN(C(=O)OCC1COC(C)(C)O1)C2. The zero-order valence-corrected chi connectivity index (χ0v) is 20.4. The number of ether oxygens (including phenoxy) is 3. The Morgan fingerprint density at radius 1 is 1.32 bits per heavy atom. The van der Waals surface area contributed by atoms with Crippen molar-refractivity contribution >= 4 is 40.6 Å². The number of amides is 2. The van der Waals surface area contributed by atoms with Gasteiger partial charge in [0.2, 0.25) is 5.91 Å². The van der Waals surface area contributed by atoms with Gasteiger partial charge in [-0.2, -0.15) is 0 Å². The fourth-order valence-corrected chi connectivity index (χ4v) is 5.17. The Bertz CT molecular complexity index is 1090. The van der Waals surface area contributed by atoms with Gasteiger partial charge in [0, 0.05) is 36.3 Å². The van der Waals surface area contributed by atoms with Crippen LogP contribution in [0.4, 0.5) is 9.80 Å².